The highest BCUT2D eigenvalue weighted by Crippen LogP contribution is 2.24. The molecular formula is C22H36N4O2S. The average Bonchev–Trinajstić information content (AvgIpc) is 2.69. The van der Waals surface area contributed by atoms with Crippen LogP contribution in [-0.2, 0) is 16.4 Å². The molecule has 0 bridgehead atoms. The lowest BCUT2D eigenvalue weighted by Gasteiger charge is -2.40. The van der Waals surface area contributed by atoms with Crippen molar-refractivity contribution in [1.82, 2.24) is 15.1 Å². The molecular weight excluding hydrogens is 384 g/mol. The molecule has 6 nitrogen and oxygen atoms in total. The van der Waals surface area contributed by atoms with Crippen molar-refractivity contribution in [2.24, 2.45) is 4.99 Å². The van der Waals surface area contributed by atoms with Crippen LogP contribution in [0.3, 0.4) is 0 Å². The minimum absolute atomic E-state index is 0.188. The molecule has 29 heavy (non-hydrogen) atoms. The fourth-order valence-corrected chi connectivity index (χ4v) is 5.60. The van der Waals surface area contributed by atoms with Crippen molar-refractivity contribution >= 4 is 15.8 Å². The first kappa shape index (κ1) is 22.1. The van der Waals surface area contributed by atoms with E-state index in [1.165, 1.54) is 18.4 Å². The number of nitrogens with one attached hydrogen (secondary N) is 1. The van der Waals surface area contributed by atoms with Crippen LogP contribution in [0.5, 0.6) is 0 Å². The third kappa shape index (κ3) is 5.51. The fraction of sp³-hybridized carbons (Fsp3) is 0.682. The summed E-state index contributed by atoms with van der Waals surface area (Å²) < 4.78 is 24.0. The lowest BCUT2D eigenvalue weighted by Crippen LogP contribution is -2.57. The highest BCUT2D eigenvalue weighted by atomic mass is 32.2. The zero-order valence-electron chi connectivity index (χ0n) is 18.1. The van der Waals surface area contributed by atoms with Gasteiger partial charge in [0.15, 0.2) is 15.8 Å². The standard InChI is InChI=1S/C22H36N4O2S/c1-4-23-21(26-14-15-29(27,28)22(2,3)18-26)24-16-20-12-8-9-13-25(20)17-19-10-6-5-7-11-19/h5-7,10-11,20H,4,8-9,12-18H2,1-3H3,(H,23,24). The molecule has 2 fully saturated rings. The van der Waals surface area contributed by atoms with Gasteiger partial charge in [-0.05, 0) is 45.7 Å². The maximum atomic E-state index is 12.4. The van der Waals surface area contributed by atoms with Gasteiger partial charge in [0.25, 0.3) is 0 Å². The smallest absolute Gasteiger partial charge is 0.194 e. The zero-order chi connectivity index (χ0) is 20.9. The molecule has 0 saturated carbocycles. The highest BCUT2D eigenvalue weighted by molar-refractivity contribution is 7.92. The van der Waals surface area contributed by atoms with Gasteiger partial charge in [-0.15, -0.1) is 0 Å². The summed E-state index contributed by atoms with van der Waals surface area (Å²) in [4.78, 5) is 9.63. The SMILES string of the molecule is CCNC(=NCC1CCCCN1Cc1ccccc1)N1CCS(=O)(=O)C(C)(C)C1. The lowest BCUT2D eigenvalue weighted by molar-refractivity contribution is 0.145. The molecule has 162 valence electrons. The molecule has 1 N–H and O–H groups in total. The molecule has 0 aliphatic carbocycles. The third-order valence-electron chi connectivity index (χ3n) is 6.11. The number of piperidine rings is 1. The summed E-state index contributed by atoms with van der Waals surface area (Å²) in [6, 6.07) is 11.1. The summed E-state index contributed by atoms with van der Waals surface area (Å²) in [7, 11) is -3.05. The second kappa shape index (κ2) is 9.47. The van der Waals surface area contributed by atoms with Crippen LogP contribution in [0.4, 0.5) is 0 Å². The Balaban J connectivity index is 1.69. The van der Waals surface area contributed by atoms with Crippen LogP contribution in [-0.4, -0.2) is 73.4 Å². The molecule has 0 amide bonds. The predicted octanol–water partition coefficient (Wildman–Crippen LogP) is 2.52. The first-order valence-corrected chi connectivity index (χ1v) is 12.5. The van der Waals surface area contributed by atoms with Gasteiger partial charge in [0, 0.05) is 32.2 Å². The molecule has 2 heterocycles. The number of hydrogen-bond donors (Lipinski definition) is 1. The average molecular weight is 421 g/mol. The van der Waals surface area contributed by atoms with Crippen LogP contribution in [0, 0.1) is 0 Å². The number of sulfone groups is 1. The van der Waals surface area contributed by atoms with Gasteiger partial charge in [0.05, 0.1) is 17.0 Å². The second-order valence-electron chi connectivity index (χ2n) is 8.80. The van der Waals surface area contributed by atoms with E-state index >= 15 is 0 Å². The normalized spacial score (nSPS) is 25.0. The molecule has 3 rings (SSSR count). The zero-order valence-corrected chi connectivity index (χ0v) is 18.9. The summed E-state index contributed by atoms with van der Waals surface area (Å²) in [6.45, 7) is 10.3. The van der Waals surface area contributed by atoms with Gasteiger partial charge in [0.1, 0.15) is 0 Å². The number of aliphatic imine (C=N–C) groups is 1. The van der Waals surface area contributed by atoms with Crippen LogP contribution < -0.4 is 5.32 Å². The number of hydrogen-bond acceptors (Lipinski definition) is 4. The topological polar surface area (TPSA) is 65.0 Å². The number of benzene rings is 1. The van der Waals surface area contributed by atoms with Crippen molar-refractivity contribution in [3.8, 4) is 0 Å². The monoisotopic (exact) mass is 420 g/mol. The largest absolute Gasteiger partial charge is 0.357 e. The Bertz CT molecular complexity index is 792. The van der Waals surface area contributed by atoms with Gasteiger partial charge in [0.2, 0.25) is 0 Å². The Morgan fingerprint density at radius 2 is 1.97 bits per heavy atom. The third-order valence-corrected chi connectivity index (χ3v) is 8.64. The quantitative estimate of drug-likeness (QED) is 0.586. The first-order valence-electron chi connectivity index (χ1n) is 10.9. The number of likely N-dealkylation sites (tertiary alicyclic amines) is 1. The number of rotatable bonds is 5. The summed E-state index contributed by atoms with van der Waals surface area (Å²) in [5.41, 5.74) is 1.35. The van der Waals surface area contributed by atoms with Gasteiger partial charge >= 0.3 is 0 Å². The summed E-state index contributed by atoms with van der Waals surface area (Å²) in [5.74, 6) is 1.04. The molecule has 1 aromatic carbocycles. The van der Waals surface area contributed by atoms with Crippen molar-refractivity contribution in [2.75, 3.05) is 38.5 Å². The minimum atomic E-state index is -3.05. The van der Waals surface area contributed by atoms with E-state index in [4.69, 9.17) is 4.99 Å². The van der Waals surface area contributed by atoms with Crippen molar-refractivity contribution < 1.29 is 8.42 Å². The van der Waals surface area contributed by atoms with Gasteiger partial charge < -0.3 is 10.2 Å². The Morgan fingerprint density at radius 1 is 1.21 bits per heavy atom. The number of nitrogens with zero attached hydrogens (tertiary/aromatic N) is 3. The molecule has 2 aliphatic heterocycles. The van der Waals surface area contributed by atoms with Crippen molar-refractivity contribution in [3.63, 3.8) is 0 Å². The van der Waals surface area contributed by atoms with Crippen LogP contribution in [0.1, 0.15) is 45.6 Å². The highest BCUT2D eigenvalue weighted by Gasteiger charge is 2.41. The van der Waals surface area contributed by atoms with E-state index in [1.54, 1.807) is 0 Å². The number of guanidine groups is 1. The van der Waals surface area contributed by atoms with E-state index in [0.29, 0.717) is 19.1 Å². The molecule has 0 spiro atoms. The molecule has 0 radical (unpaired) electrons. The van der Waals surface area contributed by atoms with Gasteiger partial charge in [-0.2, -0.15) is 0 Å². The minimum Gasteiger partial charge on any atom is -0.357 e. The maximum Gasteiger partial charge on any atom is 0.194 e. The fourth-order valence-electron chi connectivity index (χ4n) is 4.24. The molecule has 2 saturated heterocycles. The molecule has 0 aromatic heterocycles. The van der Waals surface area contributed by atoms with Crippen LogP contribution in [0.15, 0.2) is 35.3 Å². The Hall–Kier alpha value is -1.60. The van der Waals surface area contributed by atoms with E-state index in [-0.39, 0.29) is 5.75 Å². The second-order valence-corrected chi connectivity index (χ2v) is 11.5. The van der Waals surface area contributed by atoms with E-state index in [0.717, 1.165) is 38.6 Å². The predicted molar refractivity (Wildman–Crippen MR) is 120 cm³/mol. The summed E-state index contributed by atoms with van der Waals surface area (Å²) in [5, 5.41) is 3.38. The van der Waals surface area contributed by atoms with Crippen molar-refractivity contribution in [3.05, 3.63) is 35.9 Å². The van der Waals surface area contributed by atoms with Gasteiger partial charge in [-0.3, -0.25) is 9.89 Å². The van der Waals surface area contributed by atoms with Crippen LogP contribution >= 0.6 is 0 Å². The summed E-state index contributed by atoms with van der Waals surface area (Å²) >= 11 is 0. The molecule has 1 unspecified atom stereocenters. The maximum absolute atomic E-state index is 12.4. The molecule has 7 heteroatoms. The van der Waals surface area contributed by atoms with E-state index in [2.05, 4.69) is 52.4 Å². The van der Waals surface area contributed by atoms with Crippen molar-refractivity contribution in [1.29, 1.82) is 0 Å². The molecule has 2 aliphatic rings. The van der Waals surface area contributed by atoms with E-state index < -0.39 is 14.6 Å². The van der Waals surface area contributed by atoms with Crippen molar-refractivity contribution in [2.45, 2.75) is 57.4 Å². The van der Waals surface area contributed by atoms with Crippen LogP contribution in [0.2, 0.25) is 0 Å². The lowest BCUT2D eigenvalue weighted by atomic mass is 10.0. The molecule has 1 aromatic rings. The van der Waals surface area contributed by atoms with E-state index in [9.17, 15) is 8.42 Å². The summed E-state index contributed by atoms with van der Waals surface area (Å²) in [6.07, 6.45) is 3.65. The van der Waals surface area contributed by atoms with Gasteiger partial charge in [-0.25, -0.2) is 8.42 Å². The Labute approximate surface area is 176 Å². The van der Waals surface area contributed by atoms with E-state index in [1.807, 2.05) is 13.8 Å². The van der Waals surface area contributed by atoms with Crippen LogP contribution in [0.25, 0.3) is 0 Å². The molecule has 1 atom stereocenters. The Morgan fingerprint density at radius 3 is 2.66 bits per heavy atom. The first-order chi connectivity index (χ1) is 13.8. The van der Waals surface area contributed by atoms with Gasteiger partial charge in [-0.1, -0.05) is 36.8 Å². The Kier molecular flexibility index (Phi) is 7.22.